The summed E-state index contributed by atoms with van der Waals surface area (Å²) < 4.78 is 5.23. The number of hydrogen-bond acceptors (Lipinski definition) is 5. The molecule has 180 valence electrons. The SMILES string of the molecule is Cc1cccc(C)c1C(C(=O)NC(C)C)N(C(=O)C(CO)NC(=O)OC(C)(C)C)C(C)C. The smallest absolute Gasteiger partial charge is 0.408 e. The minimum absolute atomic E-state index is 0.132. The second-order valence-corrected chi connectivity index (χ2v) is 9.59. The molecule has 0 bridgehead atoms. The zero-order valence-electron chi connectivity index (χ0n) is 20.8. The fraction of sp³-hybridized carbons (Fsp3) is 0.625. The number of amides is 3. The summed E-state index contributed by atoms with van der Waals surface area (Å²) in [6.07, 6.45) is -0.816. The molecule has 0 heterocycles. The first-order valence-corrected chi connectivity index (χ1v) is 11.0. The van der Waals surface area contributed by atoms with Crippen molar-refractivity contribution in [2.45, 2.75) is 92.1 Å². The van der Waals surface area contributed by atoms with Crippen LogP contribution in [-0.2, 0) is 14.3 Å². The summed E-state index contributed by atoms with van der Waals surface area (Å²) in [5.74, 6) is -0.895. The molecule has 0 spiro atoms. The van der Waals surface area contributed by atoms with Crippen LogP contribution in [0.4, 0.5) is 4.79 Å². The Bertz CT molecular complexity index is 794. The molecule has 0 fully saturated rings. The minimum atomic E-state index is -1.26. The van der Waals surface area contributed by atoms with E-state index in [4.69, 9.17) is 4.74 Å². The summed E-state index contributed by atoms with van der Waals surface area (Å²) in [6.45, 7) is 15.6. The molecule has 0 saturated heterocycles. The lowest BCUT2D eigenvalue weighted by Gasteiger charge is -2.38. The van der Waals surface area contributed by atoms with E-state index in [1.807, 2.05) is 45.9 Å². The fourth-order valence-corrected chi connectivity index (χ4v) is 3.51. The number of aryl methyl sites for hydroxylation is 2. The molecule has 3 amide bonds. The van der Waals surface area contributed by atoms with Crippen molar-refractivity contribution in [3.63, 3.8) is 0 Å². The molecule has 1 rings (SSSR count). The molecule has 32 heavy (non-hydrogen) atoms. The van der Waals surface area contributed by atoms with E-state index in [0.717, 1.165) is 16.7 Å². The van der Waals surface area contributed by atoms with E-state index < -0.39 is 36.3 Å². The Labute approximate surface area is 191 Å². The quantitative estimate of drug-likeness (QED) is 0.565. The number of aliphatic hydroxyl groups is 1. The third-order valence-corrected chi connectivity index (χ3v) is 4.76. The Kier molecular flexibility index (Phi) is 9.70. The van der Waals surface area contributed by atoms with Crippen LogP contribution in [0.3, 0.4) is 0 Å². The summed E-state index contributed by atoms with van der Waals surface area (Å²) in [5.41, 5.74) is 1.70. The Morgan fingerprint density at radius 2 is 1.56 bits per heavy atom. The van der Waals surface area contributed by atoms with Crippen molar-refractivity contribution in [1.82, 2.24) is 15.5 Å². The molecule has 0 saturated carbocycles. The maximum atomic E-state index is 13.6. The van der Waals surface area contributed by atoms with Crippen molar-refractivity contribution in [2.24, 2.45) is 0 Å². The lowest BCUT2D eigenvalue weighted by atomic mass is 9.92. The molecule has 0 aliphatic carbocycles. The van der Waals surface area contributed by atoms with Gasteiger partial charge in [0.15, 0.2) is 0 Å². The van der Waals surface area contributed by atoms with E-state index in [0.29, 0.717) is 0 Å². The van der Waals surface area contributed by atoms with Crippen LogP contribution in [0, 0.1) is 13.8 Å². The molecule has 2 atom stereocenters. The zero-order valence-corrected chi connectivity index (χ0v) is 20.8. The maximum absolute atomic E-state index is 13.6. The van der Waals surface area contributed by atoms with Gasteiger partial charge in [-0.3, -0.25) is 9.59 Å². The minimum Gasteiger partial charge on any atom is -0.444 e. The van der Waals surface area contributed by atoms with E-state index in [1.54, 1.807) is 34.6 Å². The summed E-state index contributed by atoms with van der Waals surface area (Å²) in [5, 5.41) is 15.2. The summed E-state index contributed by atoms with van der Waals surface area (Å²) in [4.78, 5) is 40.6. The number of nitrogens with one attached hydrogen (secondary N) is 2. The third kappa shape index (κ3) is 7.51. The molecule has 8 heteroatoms. The molecular weight excluding hydrogens is 410 g/mol. The summed E-state index contributed by atoms with van der Waals surface area (Å²) in [7, 11) is 0. The molecule has 0 radical (unpaired) electrons. The van der Waals surface area contributed by atoms with Gasteiger partial charge in [0.2, 0.25) is 11.8 Å². The van der Waals surface area contributed by atoms with Crippen LogP contribution in [0.2, 0.25) is 0 Å². The van der Waals surface area contributed by atoms with Gasteiger partial charge in [-0.2, -0.15) is 0 Å². The first-order chi connectivity index (χ1) is 14.7. The first-order valence-electron chi connectivity index (χ1n) is 11.0. The lowest BCUT2D eigenvalue weighted by molar-refractivity contribution is -0.145. The van der Waals surface area contributed by atoms with E-state index >= 15 is 0 Å². The molecule has 1 aromatic rings. The van der Waals surface area contributed by atoms with E-state index in [-0.39, 0.29) is 18.0 Å². The molecule has 2 unspecified atom stereocenters. The highest BCUT2D eigenvalue weighted by molar-refractivity contribution is 5.93. The summed E-state index contributed by atoms with van der Waals surface area (Å²) >= 11 is 0. The van der Waals surface area contributed by atoms with E-state index in [9.17, 15) is 19.5 Å². The zero-order chi connectivity index (χ0) is 24.8. The van der Waals surface area contributed by atoms with Crippen molar-refractivity contribution >= 4 is 17.9 Å². The van der Waals surface area contributed by atoms with Gasteiger partial charge in [0, 0.05) is 12.1 Å². The molecule has 8 nitrogen and oxygen atoms in total. The van der Waals surface area contributed by atoms with Crippen molar-refractivity contribution in [1.29, 1.82) is 0 Å². The van der Waals surface area contributed by atoms with Crippen LogP contribution >= 0.6 is 0 Å². The van der Waals surface area contributed by atoms with Crippen molar-refractivity contribution < 1.29 is 24.2 Å². The number of ether oxygens (including phenoxy) is 1. The van der Waals surface area contributed by atoms with Crippen molar-refractivity contribution in [3.8, 4) is 0 Å². The number of benzene rings is 1. The number of rotatable bonds is 8. The fourth-order valence-electron chi connectivity index (χ4n) is 3.51. The van der Waals surface area contributed by atoms with Crippen molar-refractivity contribution in [3.05, 3.63) is 34.9 Å². The monoisotopic (exact) mass is 449 g/mol. The summed E-state index contributed by atoms with van der Waals surface area (Å²) in [6, 6.07) is 2.97. The van der Waals surface area contributed by atoms with Crippen LogP contribution in [0.5, 0.6) is 0 Å². The van der Waals surface area contributed by atoms with Gasteiger partial charge in [-0.05, 0) is 79.0 Å². The maximum Gasteiger partial charge on any atom is 0.408 e. The largest absolute Gasteiger partial charge is 0.444 e. The highest BCUT2D eigenvalue weighted by Crippen LogP contribution is 2.30. The predicted molar refractivity (Wildman–Crippen MR) is 124 cm³/mol. The molecule has 1 aromatic carbocycles. The predicted octanol–water partition coefficient (Wildman–Crippen LogP) is 2.99. The van der Waals surface area contributed by atoms with E-state index in [1.165, 1.54) is 4.90 Å². The van der Waals surface area contributed by atoms with E-state index in [2.05, 4.69) is 10.6 Å². The lowest BCUT2D eigenvalue weighted by Crippen LogP contribution is -2.56. The number of carbonyl (C=O) groups excluding carboxylic acids is 3. The highest BCUT2D eigenvalue weighted by Gasteiger charge is 2.38. The average Bonchev–Trinajstić information content (AvgIpc) is 2.62. The molecular formula is C24H39N3O5. The molecule has 0 aromatic heterocycles. The Hall–Kier alpha value is -2.61. The van der Waals surface area contributed by atoms with Crippen molar-refractivity contribution in [2.75, 3.05) is 6.61 Å². The number of alkyl carbamates (subject to hydrolysis) is 1. The van der Waals surface area contributed by atoms with Gasteiger partial charge in [0.05, 0.1) is 6.61 Å². The number of aliphatic hydroxyl groups excluding tert-OH is 1. The average molecular weight is 450 g/mol. The van der Waals surface area contributed by atoms with Crippen LogP contribution in [-0.4, -0.2) is 58.2 Å². The molecule has 0 aliphatic rings. The number of hydrogen-bond donors (Lipinski definition) is 3. The normalized spacial score (nSPS) is 13.5. The number of nitrogens with zero attached hydrogens (tertiary/aromatic N) is 1. The van der Waals surface area contributed by atoms with Gasteiger partial charge in [-0.25, -0.2) is 4.79 Å². The van der Waals surface area contributed by atoms with Crippen LogP contribution in [0.15, 0.2) is 18.2 Å². The van der Waals surface area contributed by atoms with Gasteiger partial charge in [0.25, 0.3) is 0 Å². The van der Waals surface area contributed by atoms with Crippen LogP contribution < -0.4 is 10.6 Å². The Morgan fingerprint density at radius 1 is 1.03 bits per heavy atom. The Balaban J connectivity index is 3.46. The Morgan fingerprint density at radius 3 is 1.97 bits per heavy atom. The molecule has 0 aliphatic heterocycles. The van der Waals surface area contributed by atoms with Crippen LogP contribution in [0.25, 0.3) is 0 Å². The topological polar surface area (TPSA) is 108 Å². The number of carbonyl (C=O) groups is 3. The second-order valence-electron chi connectivity index (χ2n) is 9.59. The van der Waals surface area contributed by atoms with Gasteiger partial charge in [-0.1, -0.05) is 18.2 Å². The first kappa shape index (κ1) is 27.4. The standard InChI is InChI=1S/C24H39N3O5/c1-14(2)25-21(29)20(19-16(5)11-10-12-17(19)6)27(15(3)4)22(30)18(13-28)26-23(31)32-24(7,8)9/h10-12,14-15,18,20,28H,13H2,1-9H3,(H,25,29)(H,26,31). The third-order valence-electron chi connectivity index (χ3n) is 4.76. The van der Waals surface area contributed by atoms with Gasteiger partial charge >= 0.3 is 6.09 Å². The van der Waals surface area contributed by atoms with Crippen LogP contribution in [0.1, 0.15) is 71.2 Å². The molecule has 3 N–H and O–H groups in total. The van der Waals surface area contributed by atoms with Gasteiger partial charge in [0.1, 0.15) is 17.7 Å². The van der Waals surface area contributed by atoms with Gasteiger partial charge < -0.3 is 25.4 Å². The second kappa shape index (κ2) is 11.3. The van der Waals surface area contributed by atoms with Gasteiger partial charge in [-0.15, -0.1) is 0 Å². The highest BCUT2D eigenvalue weighted by atomic mass is 16.6.